The van der Waals surface area contributed by atoms with Gasteiger partial charge in [0.25, 0.3) is 0 Å². The number of likely N-dealkylation sites (tertiary alicyclic amines) is 1. The van der Waals surface area contributed by atoms with Gasteiger partial charge >= 0.3 is 5.97 Å². The van der Waals surface area contributed by atoms with Gasteiger partial charge in [0.1, 0.15) is 6.04 Å². The average molecular weight is 325 g/mol. The van der Waals surface area contributed by atoms with Crippen molar-refractivity contribution in [3.05, 3.63) is 0 Å². The fourth-order valence-electron chi connectivity index (χ4n) is 3.25. The van der Waals surface area contributed by atoms with E-state index in [4.69, 9.17) is 4.74 Å². The third kappa shape index (κ3) is 8.38. The molecule has 0 aliphatic carbocycles. The zero-order valence-corrected chi connectivity index (χ0v) is 15.1. The highest BCUT2D eigenvalue weighted by molar-refractivity contribution is 5.83. The number of nitrogens with zero attached hydrogens (tertiary/aromatic N) is 1. The van der Waals surface area contributed by atoms with Crippen LogP contribution in [0.15, 0.2) is 0 Å². The summed E-state index contributed by atoms with van der Waals surface area (Å²) in [4.78, 5) is 25.1. The number of ether oxygens (including phenoxy) is 1. The minimum absolute atomic E-state index is 0.0246. The van der Waals surface area contributed by atoms with E-state index in [2.05, 4.69) is 6.92 Å². The Labute approximate surface area is 141 Å². The van der Waals surface area contributed by atoms with Gasteiger partial charge in [-0.05, 0) is 19.3 Å². The van der Waals surface area contributed by atoms with Gasteiger partial charge in [0.05, 0.1) is 6.61 Å². The fraction of sp³-hybridized carbons (Fsp3) is 0.895. The van der Waals surface area contributed by atoms with E-state index in [0.29, 0.717) is 13.2 Å². The van der Waals surface area contributed by atoms with Gasteiger partial charge in [-0.15, -0.1) is 0 Å². The minimum atomic E-state index is -0.337. The van der Waals surface area contributed by atoms with E-state index in [1.54, 1.807) is 4.90 Å². The molecule has 1 rings (SSSR count). The molecule has 134 valence electrons. The molecule has 0 N–H and O–H groups in total. The number of carbonyl (C=O) groups is 2. The normalized spacial score (nSPS) is 17.5. The van der Waals surface area contributed by atoms with Crippen LogP contribution < -0.4 is 0 Å². The lowest BCUT2D eigenvalue weighted by Crippen LogP contribution is -2.40. The molecule has 1 atom stereocenters. The van der Waals surface area contributed by atoms with Crippen molar-refractivity contribution in [1.29, 1.82) is 0 Å². The fourth-order valence-corrected chi connectivity index (χ4v) is 3.25. The van der Waals surface area contributed by atoms with E-state index < -0.39 is 0 Å². The van der Waals surface area contributed by atoms with Gasteiger partial charge in [0.2, 0.25) is 5.91 Å². The highest BCUT2D eigenvalue weighted by atomic mass is 16.5. The lowest BCUT2D eigenvalue weighted by Gasteiger charge is -2.21. The van der Waals surface area contributed by atoms with Gasteiger partial charge in [-0.2, -0.15) is 0 Å². The Morgan fingerprint density at radius 3 is 2.09 bits per heavy atom. The molecular formula is C19H35NO3. The molecule has 1 aliphatic rings. The molecule has 0 aromatic rings. The third-order valence-corrected chi connectivity index (χ3v) is 4.67. The number of rotatable bonds is 12. The molecule has 1 aliphatic heterocycles. The molecule has 1 heterocycles. The third-order valence-electron chi connectivity index (χ3n) is 4.67. The molecule has 4 nitrogen and oxygen atoms in total. The van der Waals surface area contributed by atoms with Gasteiger partial charge < -0.3 is 9.64 Å². The van der Waals surface area contributed by atoms with Crippen LogP contribution in [0.2, 0.25) is 0 Å². The summed E-state index contributed by atoms with van der Waals surface area (Å²) in [5.74, 6) is -0.239. The number of esters is 1. The van der Waals surface area contributed by atoms with Crippen molar-refractivity contribution in [1.82, 2.24) is 4.90 Å². The standard InChI is InChI=1S/C19H35NO3/c1-3-4-5-6-7-8-9-10-11-12-16-23-19(22)18-14-13-15-20(18)17(2)21/h18H,3-16H2,1-2H3/t18-/m0/s1. The number of carbonyl (C=O) groups excluding carboxylic acids is 2. The molecule has 0 spiro atoms. The number of unbranched alkanes of at least 4 members (excludes halogenated alkanes) is 9. The predicted octanol–water partition coefficient (Wildman–Crippen LogP) is 4.46. The molecule has 23 heavy (non-hydrogen) atoms. The van der Waals surface area contributed by atoms with E-state index >= 15 is 0 Å². The zero-order valence-electron chi connectivity index (χ0n) is 15.1. The zero-order chi connectivity index (χ0) is 16.9. The second-order valence-corrected chi connectivity index (χ2v) is 6.72. The molecule has 1 saturated heterocycles. The summed E-state index contributed by atoms with van der Waals surface area (Å²) in [6.45, 7) is 4.95. The van der Waals surface area contributed by atoms with Gasteiger partial charge in [-0.3, -0.25) is 4.79 Å². The largest absolute Gasteiger partial charge is 0.464 e. The second-order valence-electron chi connectivity index (χ2n) is 6.72. The molecule has 0 radical (unpaired) electrons. The highest BCUT2D eigenvalue weighted by Crippen LogP contribution is 2.18. The summed E-state index contributed by atoms with van der Waals surface area (Å²) >= 11 is 0. The maximum absolute atomic E-state index is 12.0. The van der Waals surface area contributed by atoms with E-state index in [9.17, 15) is 9.59 Å². The molecule has 0 unspecified atom stereocenters. The molecule has 4 heteroatoms. The van der Waals surface area contributed by atoms with E-state index in [1.807, 2.05) is 0 Å². The average Bonchev–Trinajstić information content (AvgIpc) is 3.02. The van der Waals surface area contributed by atoms with Crippen molar-refractivity contribution in [3.8, 4) is 0 Å². The van der Waals surface area contributed by atoms with Crippen molar-refractivity contribution in [2.45, 2.75) is 96.9 Å². The Bertz CT molecular complexity index is 344. The summed E-state index contributed by atoms with van der Waals surface area (Å²) in [7, 11) is 0. The Morgan fingerprint density at radius 1 is 0.957 bits per heavy atom. The summed E-state index contributed by atoms with van der Waals surface area (Å²) in [5.41, 5.74) is 0. The summed E-state index contributed by atoms with van der Waals surface area (Å²) in [5, 5.41) is 0. The minimum Gasteiger partial charge on any atom is -0.464 e. The van der Waals surface area contributed by atoms with Crippen molar-refractivity contribution in [3.63, 3.8) is 0 Å². The summed E-state index contributed by atoms with van der Waals surface area (Å²) < 4.78 is 5.35. The molecule has 1 amide bonds. The van der Waals surface area contributed by atoms with Crippen molar-refractivity contribution in [2.75, 3.05) is 13.2 Å². The van der Waals surface area contributed by atoms with Crippen LogP contribution in [0.5, 0.6) is 0 Å². The Balaban J connectivity index is 1.94. The molecule has 0 aromatic carbocycles. The van der Waals surface area contributed by atoms with Gasteiger partial charge in [0.15, 0.2) is 0 Å². The van der Waals surface area contributed by atoms with Crippen LogP contribution in [0, 0.1) is 0 Å². The Kier molecular flexibility index (Phi) is 10.8. The van der Waals surface area contributed by atoms with Gasteiger partial charge in [-0.1, -0.05) is 64.7 Å². The maximum Gasteiger partial charge on any atom is 0.328 e. The van der Waals surface area contributed by atoms with Crippen LogP contribution in [-0.2, 0) is 14.3 Å². The predicted molar refractivity (Wildman–Crippen MR) is 93.2 cm³/mol. The number of amides is 1. The van der Waals surface area contributed by atoms with E-state index in [1.165, 1.54) is 58.3 Å². The quantitative estimate of drug-likeness (QED) is 0.393. The van der Waals surface area contributed by atoms with Crippen LogP contribution >= 0.6 is 0 Å². The first-order valence-corrected chi connectivity index (χ1v) is 9.60. The Hall–Kier alpha value is -1.06. The van der Waals surface area contributed by atoms with Crippen molar-refractivity contribution in [2.24, 2.45) is 0 Å². The van der Waals surface area contributed by atoms with Crippen molar-refractivity contribution < 1.29 is 14.3 Å². The smallest absolute Gasteiger partial charge is 0.328 e. The first-order chi connectivity index (χ1) is 11.2. The van der Waals surface area contributed by atoms with Crippen molar-refractivity contribution >= 4 is 11.9 Å². The summed E-state index contributed by atoms with van der Waals surface area (Å²) in [6.07, 6.45) is 14.4. The van der Waals surface area contributed by atoms with Crippen LogP contribution in [0.25, 0.3) is 0 Å². The summed E-state index contributed by atoms with van der Waals surface area (Å²) in [6, 6.07) is -0.337. The first-order valence-electron chi connectivity index (χ1n) is 9.60. The second kappa shape index (κ2) is 12.4. The molecule has 0 bridgehead atoms. The van der Waals surface area contributed by atoms with Crippen LogP contribution in [0.1, 0.15) is 90.9 Å². The monoisotopic (exact) mass is 325 g/mol. The first kappa shape index (κ1) is 20.0. The van der Waals surface area contributed by atoms with E-state index in [0.717, 1.165) is 25.7 Å². The van der Waals surface area contributed by atoms with Crippen LogP contribution in [0.4, 0.5) is 0 Å². The lowest BCUT2D eigenvalue weighted by molar-refractivity contribution is -0.153. The lowest BCUT2D eigenvalue weighted by atomic mass is 10.1. The van der Waals surface area contributed by atoms with Gasteiger partial charge in [0, 0.05) is 13.5 Å². The van der Waals surface area contributed by atoms with Gasteiger partial charge in [-0.25, -0.2) is 4.79 Å². The maximum atomic E-state index is 12.0. The topological polar surface area (TPSA) is 46.6 Å². The molecule has 1 fully saturated rings. The Morgan fingerprint density at radius 2 is 1.52 bits per heavy atom. The number of hydrogen-bond acceptors (Lipinski definition) is 3. The van der Waals surface area contributed by atoms with E-state index in [-0.39, 0.29) is 17.9 Å². The number of hydrogen-bond donors (Lipinski definition) is 0. The molecule has 0 aromatic heterocycles. The molecular weight excluding hydrogens is 290 g/mol. The van der Waals surface area contributed by atoms with Crippen LogP contribution in [0.3, 0.4) is 0 Å². The van der Waals surface area contributed by atoms with Crippen LogP contribution in [-0.4, -0.2) is 36.0 Å². The highest BCUT2D eigenvalue weighted by Gasteiger charge is 2.33. The molecule has 0 saturated carbocycles. The SMILES string of the molecule is CCCCCCCCCCCCOC(=O)[C@@H]1CCCN1C(C)=O.